The zero-order chi connectivity index (χ0) is 16.7. The van der Waals surface area contributed by atoms with Crippen LogP contribution < -0.4 is 4.74 Å². The smallest absolute Gasteiger partial charge is 0.434 e. The molecule has 0 aliphatic rings. The predicted molar refractivity (Wildman–Crippen MR) is 68.1 cm³/mol. The standard InChI is InChI=1S/C11H7ClF3N3O4/c1-17-9(11(13,14)15)8(12)10(16-17)22-5-2-3-6(18(20)21)7(19)4-5/h2-4,19H,1H3. The van der Waals surface area contributed by atoms with Gasteiger partial charge in [-0.2, -0.15) is 13.2 Å². The lowest BCUT2D eigenvalue weighted by Crippen LogP contribution is -2.12. The normalized spacial score (nSPS) is 11.5. The minimum absolute atomic E-state index is 0.156. The third kappa shape index (κ3) is 2.91. The number of halogens is 4. The van der Waals surface area contributed by atoms with Crippen molar-refractivity contribution in [1.29, 1.82) is 0 Å². The summed E-state index contributed by atoms with van der Waals surface area (Å²) in [7, 11) is 1.04. The maximum Gasteiger partial charge on any atom is 0.434 e. The summed E-state index contributed by atoms with van der Waals surface area (Å²) in [6, 6.07) is 2.90. The number of aryl methyl sites for hydroxylation is 1. The van der Waals surface area contributed by atoms with Gasteiger partial charge in [-0.25, -0.2) is 0 Å². The maximum absolute atomic E-state index is 12.8. The summed E-state index contributed by atoms with van der Waals surface area (Å²) < 4.78 is 43.8. The van der Waals surface area contributed by atoms with Crippen molar-refractivity contribution in [3.8, 4) is 17.4 Å². The summed E-state index contributed by atoms with van der Waals surface area (Å²) in [5.74, 6) is -1.40. The van der Waals surface area contributed by atoms with Gasteiger partial charge in [0.25, 0.3) is 5.88 Å². The Hall–Kier alpha value is -2.49. The summed E-state index contributed by atoms with van der Waals surface area (Å²) in [6.45, 7) is 0. The zero-order valence-corrected chi connectivity index (χ0v) is 11.5. The van der Waals surface area contributed by atoms with Crippen LogP contribution in [0.3, 0.4) is 0 Å². The number of hydrogen-bond donors (Lipinski definition) is 1. The Morgan fingerprint density at radius 3 is 2.55 bits per heavy atom. The van der Waals surface area contributed by atoms with Crippen LogP contribution in [0.2, 0.25) is 5.02 Å². The number of ether oxygens (including phenoxy) is 1. The van der Waals surface area contributed by atoms with Gasteiger partial charge in [0, 0.05) is 19.2 Å². The highest BCUT2D eigenvalue weighted by atomic mass is 35.5. The van der Waals surface area contributed by atoms with Crippen LogP contribution in [0.5, 0.6) is 17.4 Å². The lowest BCUT2D eigenvalue weighted by Gasteiger charge is -2.06. The fourth-order valence-electron chi connectivity index (χ4n) is 1.68. The molecule has 0 atom stereocenters. The number of phenolic OH excluding ortho intramolecular Hbond substituents is 1. The van der Waals surface area contributed by atoms with E-state index >= 15 is 0 Å². The van der Waals surface area contributed by atoms with E-state index in [1.807, 2.05) is 0 Å². The van der Waals surface area contributed by atoms with Crippen molar-refractivity contribution in [3.63, 3.8) is 0 Å². The summed E-state index contributed by atoms with van der Waals surface area (Å²) in [5.41, 5.74) is -1.77. The van der Waals surface area contributed by atoms with Gasteiger partial charge in [0.1, 0.15) is 10.8 Å². The van der Waals surface area contributed by atoms with Crippen molar-refractivity contribution in [3.05, 3.63) is 39.0 Å². The Morgan fingerprint density at radius 1 is 1.45 bits per heavy atom. The molecule has 0 aliphatic carbocycles. The molecule has 0 spiro atoms. The Bertz CT molecular complexity index is 745. The first-order chi connectivity index (χ1) is 10.1. The van der Waals surface area contributed by atoms with E-state index in [1.165, 1.54) is 0 Å². The third-order valence-electron chi connectivity index (χ3n) is 2.59. The number of hydrogen-bond acceptors (Lipinski definition) is 5. The molecule has 11 heteroatoms. The quantitative estimate of drug-likeness (QED) is 0.683. The minimum Gasteiger partial charge on any atom is -0.502 e. The molecule has 118 valence electrons. The van der Waals surface area contributed by atoms with E-state index in [0.717, 1.165) is 25.2 Å². The van der Waals surface area contributed by atoms with Crippen LogP contribution in [0.4, 0.5) is 18.9 Å². The summed E-state index contributed by atoms with van der Waals surface area (Å²) in [5, 5.41) is 22.7. The minimum atomic E-state index is -4.72. The molecule has 0 bridgehead atoms. The molecule has 1 heterocycles. The number of rotatable bonds is 3. The Kier molecular flexibility index (Phi) is 3.88. The van der Waals surface area contributed by atoms with E-state index in [0.29, 0.717) is 4.68 Å². The van der Waals surface area contributed by atoms with Crippen LogP contribution in [0.25, 0.3) is 0 Å². The second-order valence-electron chi connectivity index (χ2n) is 4.10. The average molecular weight is 338 g/mol. The molecule has 2 aromatic rings. The second kappa shape index (κ2) is 5.37. The Morgan fingerprint density at radius 2 is 2.09 bits per heavy atom. The number of nitrogens with zero attached hydrogens (tertiary/aromatic N) is 3. The van der Waals surface area contributed by atoms with Crippen molar-refractivity contribution in [2.45, 2.75) is 6.18 Å². The molecular weight excluding hydrogens is 331 g/mol. The van der Waals surface area contributed by atoms with Crippen molar-refractivity contribution >= 4 is 17.3 Å². The first kappa shape index (κ1) is 15.9. The van der Waals surface area contributed by atoms with Crippen LogP contribution in [0.1, 0.15) is 5.69 Å². The van der Waals surface area contributed by atoms with E-state index < -0.39 is 39.1 Å². The van der Waals surface area contributed by atoms with Crippen molar-refractivity contribution in [1.82, 2.24) is 9.78 Å². The molecule has 0 fully saturated rings. The van der Waals surface area contributed by atoms with E-state index in [4.69, 9.17) is 16.3 Å². The molecule has 0 aliphatic heterocycles. The van der Waals surface area contributed by atoms with E-state index in [9.17, 15) is 28.4 Å². The predicted octanol–water partition coefficient (Wildman–Crippen LogP) is 3.50. The molecule has 0 unspecified atom stereocenters. The molecule has 1 N–H and O–H groups in total. The van der Waals surface area contributed by atoms with Crippen LogP contribution in [0, 0.1) is 10.1 Å². The van der Waals surface area contributed by atoms with Crippen LogP contribution in [0.15, 0.2) is 18.2 Å². The molecule has 22 heavy (non-hydrogen) atoms. The number of aromatic nitrogens is 2. The Labute approximate surface area is 125 Å². The van der Waals surface area contributed by atoms with E-state index in [-0.39, 0.29) is 5.75 Å². The van der Waals surface area contributed by atoms with Crippen LogP contribution in [-0.4, -0.2) is 19.8 Å². The van der Waals surface area contributed by atoms with Gasteiger partial charge in [-0.3, -0.25) is 14.8 Å². The second-order valence-corrected chi connectivity index (χ2v) is 4.48. The number of alkyl halides is 3. The molecule has 0 saturated heterocycles. The van der Waals surface area contributed by atoms with Crippen LogP contribution in [-0.2, 0) is 13.2 Å². The van der Waals surface area contributed by atoms with Gasteiger partial charge in [-0.1, -0.05) is 11.6 Å². The fourth-order valence-corrected chi connectivity index (χ4v) is 1.99. The zero-order valence-electron chi connectivity index (χ0n) is 10.8. The highest BCUT2D eigenvalue weighted by Gasteiger charge is 2.39. The van der Waals surface area contributed by atoms with Gasteiger partial charge in [-0.15, -0.1) is 5.10 Å². The lowest BCUT2D eigenvalue weighted by molar-refractivity contribution is -0.385. The highest BCUT2D eigenvalue weighted by Crippen LogP contribution is 2.41. The molecule has 0 radical (unpaired) electrons. The van der Waals surface area contributed by atoms with Gasteiger partial charge in [0.05, 0.1) is 4.92 Å². The number of nitro groups is 1. The molecule has 0 amide bonds. The van der Waals surface area contributed by atoms with Crippen molar-refractivity contribution in [2.75, 3.05) is 0 Å². The number of aromatic hydroxyl groups is 1. The topological polar surface area (TPSA) is 90.4 Å². The maximum atomic E-state index is 12.8. The molecular formula is C11H7ClF3N3O4. The summed E-state index contributed by atoms with van der Waals surface area (Å²) >= 11 is 5.59. The summed E-state index contributed by atoms with van der Waals surface area (Å²) in [4.78, 5) is 9.72. The SMILES string of the molecule is Cn1nc(Oc2ccc([N+](=O)[O-])c(O)c2)c(Cl)c1C(F)(F)F. The number of phenols is 1. The van der Waals surface area contributed by atoms with E-state index in [1.54, 1.807) is 0 Å². The molecule has 7 nitrogen and oxygen atoms in total. The van der Waals surface area contributed by atoms with Crippen molar-refractivity contribution in [2.24, 2.45) is 7.05 Å². The third-order valence-corrected chi connectivity index (χ3v) is 2.93. The largest absolute Gasteiger partial charge is 0.502 e. The van der Waals surface area contributed by atoms with Gasteiger partial charge >= 0.3 is 11.9 Å². The first-order valence-corrected chi connectivity index (χ1v) is 5.94. The van der Waals surface area contributed by atoms with E-state index in [2.05, 4.69) is 5.10 Å². The van der Waals surface area contributed by atoms with Gasteiger partial charge in [0.2, 0.25) is 0 Å². The highest BCUT2D eigenvalue weighted by molar-refractivity contribution is 6.32. The lowest BCUT2D eigenvalue weighted by atomic mass is 10.3. The fraction of sp³-hybridized carbons (Fsp3) is 0.182. The molecule has 1 aromatic carbocycles. The van der Waals surface area contributed by atoms with Crippen LogP contribution >= 0.6 is 11.6 Å². The van der Waals surface area contributed by atoms with Gasteiger partial charge in [0.15, 0.2) is 11.4 Å². The molecule has 2 rings (SSSR count). The van der Waals surface area contributed by atoms with Crippen molar-refractivity contribution < 1.29 is 27.9 Å². The Balaban J connectivity index is 2.36. The molecule has 0 saturated carbocycles. The summed E-state index contributed by atoms with van der Waals surface area (Å²) in [6.07, 6.45) is -4.72. The first-order valence-electron chi connectivity index (χ1n) is 5.56. The monoisotopic (exact) mass is 337 g/mol. The van der Waals surface area contributed by atoms with Gasteiger partial charge in [-0.05, 0) is 6.07 Å². The number of benzene rings is 1. The average Bonchev–Trinajstić information content (AvgIpc) is 2.63. The van der Waals surface area contributed by atoms with Gasteiger partial charge < -0.3 is 9.84 Å². The number of nitro benzene ring substituents is 1. The molecule has 1 aromatic heterocycles.